The fourth-order valence-corrected chi connectivity index (χ4v) is 4.14. The number of aryl methyl sites for hydroxylation is 2. The van der Waals surface area contributed by atoms with Gasteiger partial charge in [-0.1, -0.05) is 78.2 Å². The Bertz CT molecular complexity index is 375. The van der Waals surface area contributed by atoms with E-state index in [9.17, 15) is 0 Å². The molecule has 0 spiro atoms. The van der Waals surface area contributed by atoms with Crippen molar-refractivity contribution in [2.45, 2.75) is 63.6 Å². The molecule has 0 radical (unpaired) electrons. The Morgan fingerprint density at radius 3 is 2.44 bits per heavy atom. The fraction of sp³-hybridized carbons (Fsp3) is 0.647. The van der Waals surface area contributed by atoms with E-state index in [1.165, 1.54) is 61.6 Å². The largest absolute Gasteiger partial charge is 0.0839 e. The minimum atomic E-state index is 0.542. The standard InChI is InChI=1S/C17H25Br/c1-13-9-10-14(2)16(11-13)17(18)12-15-7-5-3-4-6-8-15/h9-11,15,17H,3-8,12H2,1-2H3. The van der Waals surface area contributed by atoms with Gasteiger partial charge in [-0.15, -0.1) is 0 Å². The van der Waals surface area contributed by atoms with Crippen molar-refractivity contribution in [3.63, 3.8) is 0 Å². The lowest BCUT2D eigenvalue weighted by molar-refractivity contribution is 0.427. The zero-order chi connectivity index (χ0) is 13.0. The van der Waals surface area contributed by atoms with Gasteiger partial charge in [0.15, 0.2) is 0 Å². The second-order valence-electron chi connectivity index (χ2n) is 5.92. The highest BCUT2D eigenvalue weighted by molar-refractivity contribution is 9.09. The number of halogens is 1. The van der Waals surface area contributed by atoms with Gasteiger partial charge in [0.2, 0.25) is 0 Å². The van der Waals surface area contributed by atoms with Crippen molar-refractivity contribution in [3.05, 3.63) is 34.9 Å². The topological polar surface area (TPSA) is 0 Å². The third-order valence-corrected chi connectivity index (χ3v) is 5.15. The summed E-state index contributed by atoms with van der Waals surface area (Å²) in [6.07, 6.45) is 9.97. The van der Waals surface area contributed by atoms with E-state index >= 15 is 0 Å². The Morgan fingerprint density at radius 2 is 1.78 bits per heavy atom. The fourth-order valence-electron chi connectivity index (χ4n) is 3.12. The van der Waals surface area contributed by atoms with Crippen LogP contribution in [0.5, 0.6) is 0 Å². The normalized spacial score (nSPS) is 19.5. The molecule has 1 aliphatic carbocycles. The molecule has 0 nitrogen and oxygen atoms in total. The molecule has 100 valence electrons. The number of alkyl halides is 1. The van der Waals surface area contributed by atoms with Gasteiger partial charge >= 0.3 is 0 Å². The summed E-state index contributed by atoms with van der Waals surface area (Å²) in [5.41, 5.74) is 4.30. The second kappa shape index (κ2) is 6.75. The Morgan fingerprint density at radius 1 is 1.11 bits per heavy atom. The van der Waals surface area contributed by atoms with Crippen molar-refractivity contribution in [2.75, 3.05) is 0 Å². The number of hydrogen-bond donors (Lipinski definition) is 0. The first kappa shape index (κ1) is 14.1. The van der Waals surface area contributed by atoms with Gasteiger partial charge in [-0.3, -0.25) is 0 Å². The van der Waals surface area contributed by atoms with Crippen molar-refractivity contribution >= 4 is 15.9 Å². The van der Waals surface area contributed by atoms with Crippen LogP contribution in [0.4, 0.5) is 0 Å². The Hall–Kier alpha value is -0.300. The lowest BCUT2D eigenvalue weighted by Gasteiger charge is -2.20. The summed E-state index contributed by atoms with van der Waals surface area (Å²) in [5.74, 6) is 0.928. The average molecular weight is 309 g/mol. The second-order valence-corrected chi connectivity index (χ2v) is 7.03. The smallest absolute Gasteiger partial charge is 0.0400 e. The molecule has 1 unspecified atom stereocenters. The maximum absolute atomic E-state index is 3.93. The van der Waals surface area contributed by atoms with Gasteiger partial charge in [-0.2, -0.15) is 0 Å². The van der Waals surface area contributed by atoms with Crippen LogP contribution in [0.2, 0.25) is 0 Å². The monoisotopic (exact) mass is 308 g/mol. The van der Waals surface area contributed by atoms with Crippen molar-refractivity contribution in [2.24, 2.45) is 5.92 Å². The van der Waals surface area contributed by atoms with E-state index in [0.29, 0.717) is 4.83 Å². The van der Waals surface area contributed by atoms with Gasteiger partial charge in [-0.05, 0) is 37.3 Å². The molecule has 18 heavy (non-hydrogen) atoms. The molecule has 0 aliphatic heterocycles. The highest BCUT2D eigenvalue weighted by Crippen LogP contribution is 2.37. The minimum absolute atomic E-state index is 0.542. The first-order valence-corrected chi connectivity index (χ1v) is 8.29. The van der Waals surface area contributed by atoms with Crippen molar-refractivity contribution < 1.29 is 0 Å². The van der Waals surface area contributed by atoms with Crippen LogP contribution in [-0.4, -0.2) is 0 Å². The Kier molecular flexibility index (Phi) is 5.29. The molecule has 1 fully saturated rings. The maximum Gasteiger partial charge on any atom is 0.0400 e. The van der Waals surface area contributed by atoms with Gasteiger partial charge in [0, 0.05) is 4.83 Å². The van der Waals surface area contributed by atoms with Gasteiger partial charge in [0.05, 0.1) is 0 Å². The van der Waals surface area contributed by atoms with Gasteiger partial charge in [-0.25, -0.2) is 0 Å². The molecule has 0 saturated heterocycles. The van der Waals surface area contributed by atoms with Gasteiger partial charge < -0.3 is 0 Å². The highest BCUT2D eigenvalue weighted by Gasteiger charge is 2.18. The summed E-state index contributed by atoms with van der Waals surface area (Å²) in [5, 5.41) is 0. The van der Waals surface area contributed by atoms with Crippen LogP contribution in [0.3, 0.4) is 0 Å². The van der Waals surface area contributed by atoms with Crippen molar-refractivity contribution in [1.29, 1.82) is 0 Å². The molecule has 0 amide bonds. The van der Waals surface area contributed by atoms with Crippen LogP contribution in [0.15, 0.2) is 18.2 Å². The molecular weight excluding hydrogens is 284 g/mol. The van der Waals surface area contributed by atoms with Crippen LogP contribution in [0, 0.1) is 19.8 Å². The molecular formula is C17H25Br. The zero-order valence-corrected chi connectivity index (χ0v) is 13.3. The van der Waals surface area contributed by atoms with Crippen LogP contribution < -0.4 is 0 Å². The first-order chi connectivity index (χ1) is 8.66. The van der Waals surface area contributed by atoms with Crippen molar-refractivity contribution in [1.82, 2.24) is 0 Å². The quantitative estimate of drug-likeness (QED) is 0.467. The molecule has 1 saturated carbocycles. The van der Waals surface area contributed by atoms with E-state index in [1.54, 1.807) is 0 Å². The zero-order valence-electron chi connectivity index (χ0n) is 11.7. The minimum Gasteiger partial charge on any atom is -0.0839 e. The summed E-state index contributed by atoms with van der Waals surface area (Å²) >= 11 is 3.93. The molecule has 0 aromatic heterocycles. The number of rotatable bonds is 3. The summed E-state index contributed by atoms with van der Waals surface area (Å²) in [6.45, 7) is 4.42. The molecule has 1 aromatic carbocycles. The van der Waals surface area contributed by atoms with Crippen molar-refractivity contribution in [3.8, 4) is 0 Å². The third kappa shape index (κ3) is 3.85. The van der Waals surface area contributed by atoms with Crippen LogP contribution >= 0.6 is 15.9 Å². The highest BCUT2D eigenvalue weighted by atomic mass is 79.9. The molecule has 0 N–H and O–H groups in total. The van der Waals surface area contributed by atoms with Crippen LogP contribution in [0.25, 0.3) is 0 Å². The van der Waals surface area contributed by atoms with Gasteiger partial charge in [0.25, 0.3) is 0 Å². The summed E-state index contributed by atoms with van der Waals surface area (Å²) in [6, 6.07) is 6.82. The predicted octanol–water partition coefficient (Wildman–Crippen LogP) is 6.10. The van der Waals surface area contributed by atoms with Crippen LogP contribution in [-0.2, 0) is 0 Å². The molecule has 0 bridgehead atoms. The molecule has 1 heteroatoms. The van der Waals surface area contributed by atoms with E-state index in [4.69, 9.17) is 0 Å². The van der Waals surface area contributed by atoms with E-state index in [0.717, 1.165) is 5.92 Å². The van der Waals surface area contributed by atoms with Gasteiger partial charge in [0.1, 0.15) is 0 Å². The molecule has 2 rings (SSSR count). The predicted molar refractivity (Wildman–Crippen MR) is 83.4 cm³/mol. The summed E-state index contributed by atoms with van der Waals surface area (Å²) < 4.78 is 0. The third-order valence-electron chi connectivity index (χ3n) is 4.29. The lowest BCUT2D eigenvalue weighted by Crippen LogP contribution is -2.04. The Balaban J connectivity index is 2.01. The molecule has 1 atom stereocenters. The molecule has 1 aromatic rings. The molecule has 1 aliphatic rings. The number of hydrogen-bond acceptors (Lipinski definition) is 0. The van der Waals surface area contributed by atoms with Crippen LogP contribution in [0.1, 0.15) is 66.5 Å². The van der Waals surface area contributed by atoms with E-state index in [1.807, 2.05) is 0 Å². The first-order valence-electron chi connectivity index (χ1n) is 7.38. The Labute approximate surface area is 120 Å². The number of benzene rings is 1. The molecule has 0 heterocycles. The SMILES string of the molecule is Cc1ccc(C)c(C(Br)CC2CCCCCC2)c1. The average Bonchev–Trinajstić information content (AvgIpc) is 2.61. The van der Waals surface area contributed by atoms with E-state index < -0.39 is 0 Å². The summed E-state index contributed by atoms with van der Waals surface area (Å²) in [7, 11) is 0. The van der Waals surface area contributed by atoms with E-state index in [-0.39, 0.29) is 0 Å². The van der Waals surface area contributed by atoms with E-state index in [2.05, 4.69) is 48.0 Å². The maximum atomic E-state index is 3.93. The summed E-state index contributed by atoms with van der Waals surface area (Å²) in [4.78, 5) is 0.542. The lowest BCUT2D eigenvalue weighted by atomic mass is 9.91.